The maximum absolute atomic E-state index is 11.1. The molecule has 1 aromatic carbocycles. The van der Waals surface area contributed by atoms with Gasteiger partial charge in [-0.2, -0.15) is 0 Å². The summed E-state index contributed by atoms with van der Waals surface area (Å²) in [6.45, 7) is 1.48. The minimum atomic E-state index is -0.678. The van der Waals surface area contributed by atoms with E-state index in [0.717, 1.165) is 0 Å². The predicted molar refractivity (Wildman–Crippen MR) is 54.5 cm³/mol. The molecule has 1 unspecified atom stereocenters. The number of rotatable bonds is 4. The van der Waals surface area contributed by atoms with E-state index >= 15 is 0 Å². The van der Waals surface area contributed by atoms with Crippen molar-refractivity contribution < 1.29 is 19.4 Å². The van der Waals surface area contributed by atoms with Crippen LogP contribution in [0.1, 0.15) is 12.5 Å². The van der Waals surface area contributed by atoms with Gasteiger partial charge in [0.2, 0.25) is 0 Å². The third-order valence-corrected chi connectivity index (χ3v) is 1.98. The van der Waals surface area contributed by atoms with Gasteiger partial charge >= 0.3 is 5.97 Å². The Morgan fingerprint density at radius 1 is 1.47 bits per heavy atom. The van der Waals surface area contributed by atoms with E-state index in [1.54, 1.807) is 31.2 Å². The van der Waals surface area contributed by atoms with Gasteiger partial charge < -0.3 is 14.6 Å². The zero-order chi connectivity index (χ0) is 11.3. The van der Waals surface area contributed by atoms with E-state index in [9.17, 15) is 4.79 Å². The molecule has 0 saturated carbocycles. The van der Waals surface area contributed by atoms with Gasteiger partial charge in [-0.05, 0) is 13.0 Å². The summed E-state index contributed by atoms with van der Waals surface area (Å²) in [7, 11) is 1.31. The molecule has 0 aliphatic carbocycles. The number of benzene rings is 1. The summed E-state index contributed by atoms with van der Waals surface area (Å²) in [4.78, 5) is 11.1. The van der Waals surface area contributed by atoms with Crippen LogP contribution in [-0.2, 0) is 16.1 Å². The second-order valence-corrected chi connectivity index (χ2v) is 3.05. The van der Waals surface area contributed by atoms with Crippen molar-refractivity contribution in [2.75, 3.05) is 7.11 Å². The number of esters is 1. The highest BCUT2D eigenvalue weighted by Crippen LogP contribution is 2.19. The molecule has 82 valence electrons. The van der Waals surface area contributed by atoms with Crippen molar-refractivity contribution in [3.8, 4) is 5.75 Å². The highest BCUT2D eigenvalue weighted by Gasteiger charge is 2.15. The van der Waals surface area contributed by atoms with E-state index in [2.05, 4.69) is 4.74 Å². The first kappa shape index (κ1) is 11.5. The number of carbonyl (C=O) groups is 1. The molecule has 15 heavy (non-hydrogen) atoms. The van der Waals surface area contributed by atoms with E-state index in [1.165, 1.54) is 7.11 Å². The quantitative estimate of drug-likeness (QED) is 0.756. The van der Waals surface area contributed by atoms with Gasteiger partial charge in [0.15, 0.2) is 6.10 Å². The molecule has 0 fully saturated rings. The Kier molecular flexibility index (Phi) is 4.12. The number of methoxy groups -OCH3 is 1. The average Bonchev–Trinajstić information content (AvgIpc) is 2.28. The number of ether oxygens (including phenoxy) is 2. The number of aliphatic hydroxyl groups is 1. The van der Waals surface area contributed by atoms with E-state index in [-0.39, 0.29) is 6.61 Å². The molecule has 0 spiro atoms. The van der Waals surface area contributed by atoms with Gasteiger partial charge in [-0.3, -0.25) is 0 Å². The van der Waals surface area contributed by atoms with Crippen LogP contribution in [0, 0.1) is 0 Å². The number of hydrogen-bond donors (Lipinski definition) is 1. The molecule has 0 saturated heterocycles. The van der Waals surface area contributed by atoms with Gasteiger partial charge in [0.05, 0.1) is 13.7 Å². The molecule has 1 atom stereocenters. The van der Waals surface area contributed by atoms with Crippen molar-refractivity contribution in [1.29, 1.82) is 0 Å². The third kappa shape index (κ3) is 2.95. The lowest BCUT2D eigenvalue weighted by Crippen LogP contribution is -2.25. The smallest absolute Gasteiger partial charge is 0.346 e. The van der Waals surface area contributed by atoms with Crippen molar-refractivity contribution in [3.05, 3.63) is 29.8 Å². The molecule has 4 heteroatoms. The van der Waals surface area contributed by atoms with Crippen molar-refractivity contribution in [2.45, 2.75) is 19.6 Å². The maximum atomic E-state index is 11.1. The SMILES string of the molecule is COC(=O)C(C)Oc1ccccc1CO. The average molecular weight is 210 g/mol. The number of carbonyl (C=O) groups excluding carboxylic acids is 1. The van der Waals surface area contributed by atoms with Crippen molar-refractivity contribution in [1.82, 2.24) is 0 Å². The molecular formula is C11H14O4. The molecule has 1 aromatic rings. The highest BCUT2D eigenvalue weighted by atomic mass is 16.6. The van der Waals surface area contributed by atoms with Gasteiger partial charge in [-0.25, -0.2) is 4.79 Å². The first-order valence-corrected chi connectivity index (χ1v) is 4.62. The lowest BCUT2D eigenvalue weighted by Gasteiger charge is -2.14. The molecule has 0 aliphatic rings. The van der Waals surface area contributed by atoms with Crippen LogP contribution in [0.25, 0.3) is 0 Å². The first-order chi connectivity index (χ1) is 7.19. The number of hydrogen-bond acceptors (Lipinski definition) is 4. The van der Waals surface area contributed by atoms with E-state index in [0.29, 0.717) is 11.3 Å². The van der Waals surface area contributed by atoms with Crippen LogP contribution in [0.15, 0.2) is 24.3 Å². The summed E-state index contributed by atoms with van der Waals surface area (Å²) in [6.07, 6.45) is -0.678. The van der Waals surface area contributed by atoms with Crippen LogP contribution in [0.4, 0.5) is 0 Å². The molecule has 0 radical (unpaired) electrons. The summed E-state index contributed by atoms with van der Waals surface area (Å²) in [5.41, 5.74) is 0.647. The fourth-order valence-electron chi connectivity index (χ4n) is 1.15. The Balaban J connectivity index is 2.75. The van der Waals surface area contributed by atoms with Gasteiger partial charge in [0, 0.05) is 5.56 Å². The highest BCUT2D eigenvalue weighted by molar-refractivity contribution is 5.74. The molecule has 0 aliphatic heterocycles. The van der Waals surface area contributed by atoms with E-state index in [4.69, 9.17) is 9.84 Å². The van der Waals surface area contributed by atoms with E-state index < -0.39 is 12.1 Å². The van der Waals surface area contributed by atoms with Crippen LogP contribution in [0.2, 0.25) is 0 Å². The maximum Gasteiger partial charge on any atom is 0.346 e. The normalized spacial score (nSPS) is 11.9. The zero-order valence-corrected chi connectivity index (χ0v) is 8.77. The van der Waals surface area contributed by atoms with E-state index in [1.807, 2.05) is 0 Å². The van der Waals surface area contributed by atoms with Crippen LogP contribution >= 0.6 is 0 Å². The lowest BCUT2D eigenvalue weighted by molar-refractivity contribution is -0.147. The minimum Gasteiger partial charge on any atom is -0.479 e. The topological polar surface area (TPSA) is 55.8 Å². The summed E-state index contributed by atoms with van der Waals surface area (Å²) in [5.74, 6) is 0.0562. The van der Waals surface area contributed by atoms with Gasteiger partial charge in [0.1, 0.15) is 5.75 Å². The molecule has 0 aromatic heterocycles. The summed E-state index contributed by atoms with van der Waals surface area (Å²) in [5, 5.41) is 9.03. The first-order valence-electron chi connectivity index (χ1n) is 4.62. The zero-order valence-electron chi connectivity index (χ0n) is 8.77. The van der Waals surface area contributed by atoms with Crippen LogP contribution in [-0.4, -0.2) is 24.3 Å². The Morgan fingerprint density at radius 2 is 2.13 bits per heavy atom. The predicted octanol–water partition coefficient (Wildman–Crippen LogP) is 1.12. The van der Waals surface area contributed by atoms with Crippen LogP contribution in [0.3, 0.4) is 0 Å². The summed E-state index contributed by atoms with van der Waals surface area (Å²) in [6, 6.07) is 7.00. The van der Waals surface area contributed by atoms with Crippen molar-refractivity contribution in [2.24, 2.45) is 0 Å². The standard InChI is InChI=1S/C11H14O4/c1-8(11(13)14-2)15-10-6-4-3-5-9(10)7-12/h3-6,8,12H,7H2,1-2H3. The number of para-hydroxylation sites is 1. The minimum absolute atomic E-state index is 0.121. The van der Waals surface area contributed by atoms with Crippen LogP contribution < -0.4 is 4.74 Å². The lowest BCUT2D eigenvalue weighted by atomic mass is 10.2. The molecule has 4 nitrogen and oxygen atoms in total. The van der Waals surface area contributed by atoms with Crippen molar-refractivity contribution in [3.63, 3.8) is 0 Å². The molecule has 1 rings (SSSR count). The fraction of sp³-hybridized carbons (Fsp3) is 0.364. The second kappa shape index (κ2) is 5.36. The van der Waals surface area contributed by atoms with Crippen LogP contribution in [0.5, 0.6) is 5.75 Å². The van der Waals surface area contributed by atoms with Gasteiger partial charge in [-0.1, -0.05) is 18.2 Å². The molecule has 0 amide bonds. The Hall–Kier alpha value is -1.55. The monoisotopic (exact) mass is 210 g/mol. The largest absolute Gasteiger partial charge is 0.479 e. The number of aliphatic hydroxyl groups excluding tert-OH is 1. The Labute approximate surface area is 88.4 Å². The molecule has 0 heterocycles. The summed E-state index contributed by atoms with van der Waals surface area (Å²) >= 11 is 0. The molecule has 1 N–H and O–H groups in total. The third-order valence-electron chi connectivity index (χ3n) is 1.98. The fourth-order valence-corrected chi connectivity index (χ4v) is 1.15. The second-order valence-electron chi connectivity index (χ2n) is 3.05. The summed E-state index contributed by atoms with van der Waals surface area (Å²) < 4.78 is 9.89. The Morgan fingerprint density at radius 3 is 2.73 bits per heavy atom. The Bertz CT molecular complexity index is 335. The molecular weight excluding hydrogens is 196 g/mol. The van der Waals surface area contributed by atoms with Gasteiger partial charge in [-0.15, -0.1) is 0 Å². The molecule has 0 bridgehead atoms. The van der Waals surface area contributed by atoms with Gasteiger partial charge in [0.25, 0.3) is 0 Å². The van der Waals surface area contributed by atoms with Crippen molar-refractivity contribution >= 4 is 5.97 Å².